The molecular weight excluding hydrogens is 222 g/mol. The fourth-order valence-corrected chi connectivity index (χ4v) is 4.40. The van der Waals surface area contributed by atoms with Crippen LogP contribution in [-0.4, -0.2) is 59.0 Å². The zero-order valence-corrected chi connectivity index (χ0v) is 10.9. The molecule has 0 aromatic rings. The third-order valence-corrected chi connectivity index (χ3v) is 5.76. The molecule has 2 N–H and O–H groups in total. The van der Waals surface area contributed by atoms with E-state index in [1.165, 1.54) is 5.75 Å². The molecule has 2 aliphatic heterocycles. The van der Waals surface area contributed by atoms with Crippen LogP contribution in [0.2, 0.25) is 0 Å². The third kappa shape index (κ3) is 2.13. The van der Waals surface area contributed by atoms with Gasteiger partial charge in [0.25, 0.3) is 0 Å². The minimum atomic E-state index is -0.637. The van der Waals surface area contributed by atoms with E-state index in [0.717, 1.165) is 44.5 Å². The normalized spacial score (nSPS) is 36.2. The molecule has 0 aromatic heterocycles. The standard InChI is InChI=1S/C12H23NO2S/c1-13-6-4-12(15,5-7-13)11(9-14)3-2-8-16-10-11/h14-15H,2-10H2,1H3. The molecule has 0 radical (unpaired) electrons. The first-order valence-electron chi connectivity index (χ1n) is 6.21. The predicted octanol–water partition coefficient (Wildman–Crippen LogP) is 0.949. The summed E-state index contributed by atoms with van der Waals surface area (Å²) in [6.45, 7) is 2.03. The van der Waals surface area contributed by atoms with Gasteiger partial charge < -0.3 is 15.1 Å². The largest absolute Gasteiger partial charge is 0.396 e. The minimum absolute atomic E-state index is 0.139. The number of rotatable bonds is 2. The molecular formula is C12H23NO2S. The van der Waals surface area contributed by atoms with Crippen molar-refractivity contribution < 1.29 is 10.2 Å². The monoisotopic (exact) mass is 245 g/mol. The van der Waals surface area contributed by atoms with E-state index in [9.17, 15) is 10.2 Å². The van der Waals surface area contributed by atoms with Crippen LogP contribution in [0.3, 0.4) is 0 Å². The Labute approximate surface area is 102 Å². The fraction of sp³-hybridized carbons (Fsp3) is 1.00. The smallest absolute Gasteiger partial charge is 0.0757 e. The molecule has 0 bridgehead atoms. The number of piperidine rings is 1. The number of thioether (sulfide) groups is 1. The van der Waals surface area contributed by atoms with Gasteiger partial charge in [0.2, 0.25) is 0 Å². The Balaban J connectivity index is 2.12. The van der Waals surface area contributed by atoms with Gasteiger partial charge in [-0.3, -0.25) is 0 Å². The molecule has 0 aliphatic carbocycles. The highest BCUT2D eigenvalue weighted by molar-refractivity contribution is 7.99. The molecule has 1 atom stereocenters. The van der Waals surface area contributed by atoms with Crippen molar-refractivity contribution in [2.75, 3.05) is 38.2 Å². The lowest BCUT2D eigenvalue weighted by Gasteiger charge is -2.51. The van der Waals surface area contributed by atoms with Crippen LogP contribution in [0, 0.1) is 5.41 Å². The van der Waals surface area contributed by atoms with Crippen molar-refractivity contribution in [3.8, 4) is 0 Å². The van der Waals surface area contributed by atoms with Crippen molar-refractivity contribution in [3.05, 3.63) is 0 Å². The molecule has 2 heterocycles. The maximum atomic E-state index is 10.9. The zero-order chi connectivity index (χ0) is 11.6. The first-order valence-corrected chi connectivity index (χ1v) is 7.37. The quantitative estimate of drug-likeness (QED) is 0.760. The Kier molecular flexibility index (Phi) is 3.84. The van der Waals surface area contributed by atoms with Gasteiger partial charge in [-0.05, 0) is 38.5 Å². The van der Waals surface area contributed by atoms with E-state index < -0.39 is 5.60 Å². The van der Waals surface area contributed by atoms with Gasteiger partial charge in [0, 0.05) is 24.3 Å². The molecule has 0 amide bonds. The Morgan fingerprint density at radius 3 is 2.44 bits per heavy atom. The maximum absolute atomic E-state index is 10.9. The number of aliphatic hydroxyl groups excluding tert-OH is 1. The number of nitrogens with zero attached hydrogens (tertiary/aromatic N) is 1. The summed E-state index contributed by atoms with van der Waals surface area (Å²) in [4.78, 5) is 2.26. The average Bonchev–Trinajstić information content (AvgIpc) is 2.34. The molecule has 2 saturated heterocycles. The Morgan fingerprint density at radius 2 is 1.94 bits per heavy atom. The van der Waals surface area contributed by atoms with E-state index in [2.05, 4.69) is 11.9 Å². The molecule has 16 heavy (non-hydrogen) atoms. The van der Waals surface area contributed by atoms with Gasteiger partial charge in [-0.15, -0.1) is 0 Å². The van der Waals surface area contributed by atoms with E-state index in [0.29, 0.717) is 0 Å². The Morgan fingerprint density at radius 1 is 1.25 bits per heavy atom. The van der Waals surface area contributed by atoms with Gasteiger partial charge in [-0.25, -0.2) is 0 Å². The Bertz CT molecular complexity index is 233. The summed E-state index contributed by atoms with van der Waals surface area (Å²) in [7, 11) is 2.10. The summed E-state index contributed by atoms with van der Waals surface area (Å²) < 4.78 is 0. The second-order valence-electron chi connectivity index (χ2n) is 5.43. The molecule has 0 spiro atoms. The third-order valence-electron chi connectivity index (χ3n) is 4.43. The predicted molar refractivity (Wildman–Crippen MR) is 67.8 cm³/mol. The highest BCUT2D eigenvalue weighted by atomic mass is 32.2. The number of likely N-dealkylation sites (tertiary alicyclic amines) is 1. The van der Waals surface area contributed by atoms with Gasteiger partial charge in [-0.1, -0.05) is 0 Å². The molecule has 2 fully saturated rings. The van der Waals surface area contributed by atoms with Gasteiger partial charge in [0.1, 0.15) is 0 Å². The zero-order valence-electron chi connectivity index (χ0n) is 10.1. The van der Waals surface area contributed by atoms with Crippen LogP contribution in [0.1, 0.15) is 25.7 Å². The van der Waals surface area contributed by atoms with E-state index in [4.69, 9.17) is 0 Å². The molecule has 94 valence electrons. The minimum Gasteiger partial charge on any atom is -0.396 e. The second-order valence-corrected chi connectivity index (χ2v) is 6.53. The first kappa shape index (κ1) is 12.7. The van der Waals surface area contributed by atoms with Crippen molar-refractivity contribution in [1.82, 2.24) is 4.90 Å². The van der Waals surface area contributed by atoms with Gasteiger partial charge in [-0.2, -0.15) is 11.8 Å². The summed E-state index contributed by atoms with van der Waals surface area (Å²) in [5, 5.41) is 20.6. The van der Waals surface area contributed by atoms with Crippen LogP contribution in [0.15, 0.2) is 0 Å². The molecule has 2 aliphatic rings. The van der Waals surface area contributed by atoms with Crippen molar-refractivity contribution in [2.24, 2.45) is 5.41 Å². The number of aliphatic hydroxyl groups is 2. The van der Waals surface area contributed by atoms with Gasteiger partial charge in [0.05, 0.1) is 12.2 Å². The van der Waals surface area contributed by atoms with Crippen LogP contribution in [0.25, 0.3) is 0 Å². The SMILES string of the molecule is CN1CCC(O)(C2(CO)CCCSC2)CC1. The van der Waals surface area contributed by atoms with E-state index in [1.807, 2.05) is 11.8 Å². The van der Waals surface area contributed by atoms with E-state index in [-0.39, 0.29) is 12.0 Å². The highest BCUT2D eigenvalue weighted by Gasteiger charge is 2.51. The van der Waals surface area contributed by atoms with E-state index in [1.54, 1.807) is 0 Å². The fourth-order valence-electron chi connectivity index (χ4n) is 3.01. The average molecular weight is 245 g/mol. The maximum Gasteiger partial charge on any atom is 0.0757 e. The molecule has 1 unspecified atom stereocenters. The topological polar surface area (TPSA) is 43.7 Å². The van der Waals surface area contributed by atoms with Crippen LogP contribution in [-0.2, 0) is 0 Å². The van der Waals surface area contributed by atoms with Crippen LogP contribution in [0.5, 0.6) is 0 Å². The summed E-state index contributed by atoms with van der Waals surface area (Å²) in [6.07, 6.45) is 3.73. The van der Waals surface area contributed by atoms with Crippen molar-refractivity contribution in [1.29, 1.82) is 0 Å². The summed E-state index contributed by atoms with van der Waals surface area (Å²) in [6, 6.07) is 0. The summed E-state index contributed by atoms with van der Waals surface area (Å²) >= 11 is 1.89. The lowest BCUT2D eigenvalue weighted by atomic mass is 9.66. The van der Waals surface area contributed by atoms with Crippen LogP contribution in [0.4, 0.5) is 0 Å². The molecule has 2 rings (SSSR count). The lowest BCUT2D eigenvalue weighted by molar-refractivity contribution is -0.132. The van der Waals surface area contributed by atoms with Gasteiger partial charge in [0.15, 0.2) is 0 Å². The number of hydrogen-bond acceptors (Lipinski definition) is 4. The second kappa shape index (κ2) is 4.84. The Hall–Kier alpha value is 0.230. The molecule has 3 nitrogen and oxygen atoms in total. The van der Waals surface area contributed by atoms with Crippen molar-refractivity contribution in [3.63, 3.8) is 0 Å². The molecule has 0 saturated carbocycles. The van der Waals surface area contributed by atoms with Crippen LogP contribution >= 0.6 is 11.8 Å². The lowest BCUT2D eigenvalue weighted by Crippen LogP contribution is -2.58. The van der Waals surface area contributed by atoms with Crippen LogP contribution < -0.4 is 0 Å². The van der Waals surface area contributed by atoms with Crippen molar-refractivity contribution >= 4 is 11.8 Å². The highest BCUT2D eigenvalue weighted by Crippen LogP contribution is 2.47. The van der Waals surface area contributed by atoms with Crippen molar-refractivity contribution in [2.45, 2.75) is 31.3 Å². The first-order chi connectivity index (χ1) is 7.62. The molecule has 0 aromatic carbocycles. The summed E-state index contributed by atoms with van der Waals surface area (Å²) in [5.41, 5.74) is -0.876. The summed E-state index contributed by atoms with van der Waals surface area (Å²) in [5.74, 6) is 2.10. The number of hydrogen-bond donors (Lipinski definition) is 2. The van der Waals surface area contributed by atoms with Gasteiger partial charge >= 0.3 is 0 Å². The van der Waals surface area contributed by atoms with E-state index >= 15 is 0 Å². The molecule has 4 heteroatoms.